The summed E-state index contributed by atoms with van der Waals surface area (Å²) in [5, 5.41) is 0.676. The highest BCUT2D eigenvalue weighted by molar-refractivity contribution is 5.79. The molecule has 0 aliphatic carbocycles. The lowest BCUT2D eigenvalue weighted by Crippen LogP contribution is -2.23. The van der Waals surface area contributed by atoms with Crippen LogP contribution >= 0.6 is 0 Å². The first-order valence-corrected chi connectivity index (χ1v) is 6.23. The SMILES string of the molecule is CC(C)(C)c1nc2[nH]cc(C(C)(C)C)c2c(=O)[nH]1. The first kappa shape index (κ1) is 12.9. The first-order valence-electron chi connectivity index (χ1n) is 6.23. The van der Waals surface area contributed by atoms with Gasteiger partial charge in [0.2, 0.25) is 0 Å². The van der Waals surface area contributed by atoms with Crippen LogP contribution in [0.5, 0.6) is 0 Å². The van der Waals surface area contributed by atoms with Crippen molar-refractivity contribution in [2.75, 3.05) is 0 Å². The van der Waals surface area contributed by atoms with Gasteiger partial charge in [0.25, 0.3) is 5.56 Å². The second kappa shape index (κ2) is 3.70. The Morgan fingerprint density at radius 3 is 2.17 bits per heavy atom. The second-order valence-corrected chi connectivity index (χ2v) is 6.84. The molecule has 2 N–H and O–H groups in total. The summed E-state index contributed by atoms with van der Waals surface area (Å²) in [6.07, 6.45) is 1.89. The van der Waals surface area contributed by atoms with Gasteiger partial charge in [-0.15, -0.1) is 0 Å². The Morgan fingerprint density at radius 2 is 1.67 bits per heavy atom. The maximum atomic E-state index is 12.3. The van der Waals surface area contributed by atoms with E-state index in [0.717, 1.165) is 5.56 Å². The summed E-state index contributed by atoms with van der Waals surface area (Å²) in [4.78, 5) is 22.8. The van der Waals surface area contributed by atoms with Crippen LogP contribution in [0.15, 0.2) is 11.0 Å². The predicted octanol–water partition coefficient (Wildman–Crippen LogP) is 2.85. The van der Waals surface area contributed by atoms with Gasteiger partial charge in [-0.3, -0.25) is 4.79 Å². The minimum atomic E-state index is -0.166. The zero-order valence-corrected chi connectivity index (χ0v) is 11.9. The van der Waals surface area contributed by atoms with Crippen LogP contribution in [-0.2, 0) is 10.8 Å². The molecule has 0 radical (unpaired) electrons. The monoisotopic (exact) mass is 247 g/mol. The highest BCUT2D eigenvalue weighted by Gasteiger charge is 2.23. The van der Waals surface area contributed by atoms with Gasteiger partial charge in [-0.05, 0) is 11.0 Å². The Kier molecular flexibility index (Phi) is 2.65. The number of aromatic nitrogens is 3. The summed E-state index contributed by atoms with van der Waals surface area (Å²) in [6, 6.07) is 0. The minimum Gasteiger partial charge on any atom is -0.346 e. The number of fused-ring (bicyclic) bond motifs is 1. The van der Waals surface area contributed by atoms with Gasteiger partial charge in [-0.1, -0.05) is 41.5 Å². The van der Waals surface area contributed by atoms with E-state index < -0.39 is 0 Å². The lowest BCUT2D eigenvalue weighted by molar-refractivity contribution is 0.545. The Labute approximate surface area is 107 Å². The predicted molar refractivity (Wildman–Crippen MR) is 74.1 cm³/mol. The van der Waals surface area contributed by atoms with Gasteiger partial charge in [0.05, 0.1) is 5.39 Å². The summed E-state index contributed by atoms with van der Waals surface area (Å²) in [5.74, 6) is 0.710. The molecule has 0 bridgehead atoms. The number of H-pyrrole nitrogens is 2. The Morgan fingerprint density at radius 1 is 1.06 bits per heavy atom. The second-order valence-electron chi connectivity index (χ2n) is 6.84. The highest BCUT2D eigenvalue weighted by atomic mass is 16.1. The molecule has 98 valence electrons. The zero-order chi connectivity index (χ0) is 13.7. The van der Waals surface area contributed by atoms with Gasteiger partial charge in [0.15, 0.2) is 0 Å². The molecule has 0 unspecified atom stereocenters. The van der Waals surface area contributed by atoms with Crippen molar-refractivity contribution in [1.82, 2.24) is 15.0 Å². The van der Waals surface area contributed by atoms with E-state index in [2.05, 4.69) is 35.7 Å². The Hall–Kier alpha value is -1.58. The molecule has 0 saturated carbocycles. The molecule has 2 rings (SSSR count). The zero-order valence-electron chi connectivity index (χ0n) is 11.9. The molecule has 0 spiro atoms. The maximum absolute atomic E-state index is 12.3. The van der Waals surface area contributed by atoms with Crippen LogP contribution in [0.1, 0.15) is 52.9 Å². The number of hydrogen-bond acceptors (Lipinski definition) is 2. The molecular weight excluding hydrogens is 226 g/mol. The average Bonchev–Trinajstić information content (AvgIpc) is 2.59. The van der Waals surface area contributed by atoms with E-state index in [9.17, 15) is 4.79 Å². The molecule has 4 nitrogen and oxygen atoms in total. The molecule has 4 heteroatoms. The number of aromatic amines is 2. The van der Waals surface area contributed by atoms with E-state index in [-0.39, 0.29) is 16.4 Å². The molecule has 2 heterocycles. The van der Waals surface area contributed by atoms with Crippen LogP contribution in [0.25, 0.3) is 11.0 Å². The van der Waals surface area contributed by atoms with Gasteiger partial charge < -0.3 is 9.97 Å². The molecule has 0 aliphatic rings. The fourth-order valence-electron chi connectivity index (χ4n) is 1.99. The molecule has 0 saturated heterocycles. The number of hydrogen-bond donors (Lipinski definition) is 2. The summed E-state index contributed by atoms with van der Waals surface area (Å²) >= 11 is 0. The summed E-state index contributed by atoms with van der Waals surface area (Å²) < 4.78 is 0. The molecule has 2 aromatic rings. The molecule has 0 aromatic carbocycles. The van der Waals surface area contributed by atoms with Crippen molar-refractivity contribution in [2.24, 2.45) is 0 Å². The molecule has 18 heavy (non-hydrogen) atoms. The van der Waals surface area contributed by atoms with Crippen molar-refractivity contribution in [3.63, 3.8) is 0 Å². The van der Waals surface area contributed by atoms with Gasteiger partial charge in [0, 0.05) is 11.6 Å². The van der Waals surface area contributed by atoms with Crippen molar-refractivity contribution in [3.05, 3.63) is 27.9 Å². The number of nitrogens with zero attached hydrogens (tertiary/aromatic N) is 1. The first-order chi connectivity index (χ1) is 8.10. The van der Waals surface area contributed by atoms with Crippen molar-refractivity contribution < 1.29 is 0 Å². The van der Waals surface area contributed by atoms with Crippen LogP contribution in [0.4, 0.5) is 0 Å². The summed E-state index contributed by atoms with van der Waals surface area (Å²) in [5.41, 5.74) is 1.38. The third kappa shape index (κ3) is 2.07. The molecule has 0 amide bonds. The number of rotatable bonds is 0. The smallest absolute Gasteiger partial charge is 0.260 e. The van der Waals surface area contributed by atoms with Crippen molar-refractivity contribution in [3.8, 4) is 0 Å². The Bertz CT molecular complexity index is 636. The third-order valence-corrected chi connectivity index (χ3v) is 3.06. The van der Waals surface area contributed by atoms with E-state index in [1.807, 2.05) is 27.0 Å². The molecule has 0 fully saturated rings. The van der Waals surface area contributed by atoms with Crippen LogP contribution < -0.4 is 5.56 Å². The van der Waals surface area contributed by atoms with Crippen LogP contribution in [-0.4, -0.2) is 15.0 Å². The van der Waals surface area contributed by atoms with Crippen LogP contribution in [0, 0.1) is 0 Å². The maximum Gasteiger partial charge on any atom is 0.260 e. The lowest BCUT2D eigenvalue weighted by atomic mass is 9.87. The van der Waals surface area contributed by atoms with Gasteiger partial charge in [0.1, 0.15) is 11.5 Å². The van der Waals surface area contributed by atoms with Crippen LogP contribution in [0.3, 0.4) is 0 Å². The highest BCUT2D eigenvalue weighted by Crippen LogP contribution is 2.28. The molecule has 0 atom stereocenters. The minimum absolute atomic E-state index is 0.0592. The fraction of sp³-hybridized carbons (Fsp3) is 0.571. The largest absolute Gasteiger partial charge is 0.346 e. The summed E-state index contributed by atoms with van der Waals surface area (Å²) in [7, 11) is 0. The van der Waals surface area contributed by atoms with E-state index >= 15 is 0 Å². The summed E-state index contributed by atoms with van der Waals surface area (Å²) in [6.45, 7) is 12.4. The normalized spacial score (nSPS) is 13.2. The van der Waals surface area contributed by atoms with Crippen molar-refractivity contribution >= 4 is 11.0 Å². The quantitative estimate of drug-likeness (QED) is 0.752. The average molecular weight is 247 g/mol. The van der Waals surface area contributed by atoms with E-state index in [1.54, 1.807) is 0 Å². The van der Waals surface area contributed by atoms with Gasteiger partial charge in [-0.2, -0.15) is 0 Å². The Balaban J connectivity index is 2.77. The fourth-order valence-corrected chi connectivity index (χ4v) is 1.99. The molecular formula is C14H21N3O. The van der Waals surface area contributed by atoms with Crippen LogP contribution in [0.2, 0.25) is 0 Å². The lowest BCUT2D eigenvalue weighted by Gasteiger charge is -2.18. The van der Waals surface area contributed by atoms with Gasteiger partial charge >= 0.3 is 0 Å². The van der Waals surface area contributed by atoms with Gasteiger partial charge in [-0.25, -0.2) is 4.98 Å². The number of nitrogens with one attached hydrogen (secondary N) is 2. The molecule has 0 aliphatic heterocycles. The third-order valence-electron chi connectivity index (χ3n) is 3.06. The van der Waals surface area contributed by atoms with E-state index in [1.165, 1.54) is 0 Å². The standard InChI is InChI=1S/C14H21N3O/c1-13(2,3)8-7-15-10-9(8)11(18)17-12(16-10)14(4,5)6/h7H,1-6H3,(H2,15,16,17,18). The molecule has 2 aromatic heterocycles. The van der Waals surface area contributed by atoms with Crippen molar-refractivity contribution in [2.45, 2.75) is 52.4 Å². The van der Waals surface area contributed by atoms with Crippen molar-refractivity contribution in [1.29, 1.82) is 0 Å². The topological polar surface area (TPSA) is 61.5 Å². The van der Waals surface area contributed by atoms with E-state index in [4.69, 9.17) is 0 Å². The van der Waals surface area contributed by atoms with E-state index in [0.29, 0.717) is 16.9 Å².